The number of likely N-dealkylation sites (N-methyl/N-ethyl adjacent to an activating group) is 1. The van der Waals surface area contributed by atoms with Crippen LogP contribution in [0.25, 0.3) is 0 Å². The second-order valence-corrected chi connectivity index (χ2v) is 5.61. The molecule has 2 atom stereocenters. The molecule has 0 aromatic heterocycles. The largest absolute Gasteiger partial charge is 0.489 e. The zero-order valence-electron chi connectivity index (χ0n) is 12.1. The topological polar surface area (TPSA) is 30.5 Å². The van der Waals surface area contributed by atoms with Crippen molar-refractivity contribution in [3.63, 3.8) is 0 Å². The first-order valence-electron chi connectivity index (χ1n) is 7.01. The normalized spacial score (nSPS) is 20.5. The van der Waals surface area contributed by atoms with E-state index in [-0.39, 0.29) is 12.1 Å². The van der Waals surface area contributed by atoms with Crippen molar-refractivity contribution in [1.29, 1.82) is 0 Å². The van der Waals surface area contributed by atoms with Crippen LogP contribution in [0.5, 0.6) is 11.5 Å². The van der Waals surface area contributed by atoms with Gasteiger partial charge < -0.3 is 14.8 Å². The van der Waals surface area contributed by atoms with Gasteiger partial charge in [-0.1, -0.05) is 35.9 Å². The Morgan fingerprint density at radius 3 is 2.81 bits per heavy atom. The van der Waals surface area contributed by atoms with E-state index in [0.717, 1.165) is 16.9 Å². The van der Waals surface area contributed by atoms with Gasteiger partial charge in [-0.2, -0.15) is 0 Å². The smallest absolute Gasteiger partial charge is 0.152 e. The number of fused-ring (bicyclic) bond motifs is 1. The number of aryl methyl sites for hydroxylation is 1. The molecule has 0 radical (unpaired) electrons. The summed E-state index contributed by atoms with van der Waals surface area (Å²) < 4.78 is 11.9. The summed E-state index contributed by atoms with van der Waals surface area (Å²) in [5, 5.41) is 3.94. The van der Waals surface area contributed by atoms with Crippen LogP contribution in [0.15, 0.2) is 42.5 Å². The molecule has 110 valence electrons. The molecule has 1 heterocycles. The summed E-state index contributed by atoms with van der Waals surface area (Å²) in [6.07, 6.45) is -0.120. The molecule has 2 aromatic carbocycles. The molecular weight excluding hydrogens is 286 g/mol. The Kier molecular flexibility index (Phi) is 4.04. The molecule has 1 N–H and O–H groups in total. The molecule has 3 rings (SSSR count). The van der Waals surface area contributed by atoms with E-state index in [1.807, 2.05) is 50.4 Å². The third-order valence-electron chi connectivity index (χ3n) is 3.71. The van der Waals surface area contributed by atoms with Gasteiger partial charge in [0, 0.05) is 5.56 Å². The van der Waals surface area contributed by atoms with Crippen molar-refractivity contribution < 1.29 is 9.47 Å². The average Bonchev–Trinajstić information content (AvgIpc) is 2.49. The van der Waals surface area contributed by atoms with E-state index in [2.05, 4.69) is 11.4 Å². The zero-order valence-corrected chi connectivity index (χ0v) is 12.9. The monoisotopic (exact) mass is 303 g/mol. The highest BCUT2D eigenvalue weighted by atomic mass is 35.5. The van der Waals surface area contributed by atoms with Crippen LogP contribution in [0, 0.1) is 6.92 Å². The summed E-state index contributed by atoms with van der Waals surface area (Å²) in [4.78, 5) is 0. The van der Waals surface area contributed by atoms with Crippen LogP contribution in [0.1, 0.15) is 17.2 Å². The van der Waals surface area contributed by atoms with Gasteiger partial charge in [-0.25, -0.2) is 0 Å². The van der Waals surface area contributed by atoms with Gasteiger partial charge in [0.25, 0.3) is 0 Å². The van der Waals surface area contributed by atoms with Crippen LogP contribution < -0.4 is 14.8 Å². The lowest BCUT2D eigenvalue weighted by Gasteiger charge is -2.33. The predicted molar refractivity (Wildman–Crippen MR) is 84.3 cm³/mol. The average molecular weight is 304 g/mol. The van der Waals surface area contributed by atoms with Crippen molar-refractivity contribution in [1.82, 2.24) is 5.32 Å². The first kappa shape index (κ1) is 14.2. The summed E-state index contributed by atoms with van der Waals surface area (Å²) >= 11 is 6.25. The Morgan fingerprint density at radius 2 is 2.05 bits per heavy atom. The molecule has 4 heteroatoms. The number of benzene rings is 2. The lowest BCUT2D eigenvalue weighted by molar-refractivity contribution is 0.0774. The van der Waals surface area contributed by atoms with Crippen LogP contribution in [0.3, 0.4) is 0 Å². The van der Waals surface area contributed by atoms with Crippen molar-refractivity contribution in [3.8, 4) is 11.5 Å². The van der Waals surface area contributed by atoms with Crippen LogP contribution in [0.4, 0.5) is 0 Å². The second kappa shape index (κ2) is 5.96. The Balaban J connectivity index is 1.86. The summed E-state index contributed by atoms with van der Waals surface area (Å²) in [7, 11) is 1.93. The van der Waals surface area contributed by atoms with Crippen molar-refractivity contribution in [2.24, 2.45) is 0 Å². The van der Waals surface area contributed by atoms with E-state index in [9.17, 15) is 0 Å². The van der Waals surface area contributed by atoms with E-state index in [1.165, 1.54) is 0 Å². The fraction of sp³-hybridized carbons (Fsp3) is 0.294. The van der Waals surface area contributed by atoms with Crippen LogP contribution in [-0.2, 0) is 0 Å². The maximum Gasteiger partial charge on any atom is 0.152 e. The highest BCUT2D eigenvalue weighted by Crippen LogP contribution is 2.35. The molecule has 0 amide bonds. The van der Waals surface area contributed by atoms with Crippen molar-refractivity contribution >= 4 is 11.6 Å². The molecule has 2 aromatic rings. The Hall–Kier alpha value is -1.71. The number of hydrogen-bond acceptors (Lipinski definition) is 3. The summed E-state index contributed by atoms with van der Waals surface area (Å²) in [6, 6.07) is 13.9. The Labute approximate surface area is 129 Å². The van der Waals surface area contributed by atoms with Crippen LogP contribution in [-0.4, -0.2) is 19.8 Å². The van der Waals surface area contributed by atoms with Gasteiger partial charge in [0.2, 0.25) is 0 Å². The van der Waals surface area contributed by atoms with Gasteiger partial charge in [-0.05, 0) is 37.7 Å². The molecule has 0 aliphatic carbocycles. The molecule has 3 nitrogen and oxygen atoms in total. The molecule has 0 saturated carbocycles. The fourth-order valence-corrected chi connectivity index (χ4v) is 2.92. The molecular formula is C17H18ClNO2. The first-order valence-corrected chi connectivity index (χ1v) is 7.38. The highest BCUT2D eigenvalue weighted by molar-refractivity contribution is 6.32. The molecule has 0 spiro atoms. The number of halogens is 1. The highest BCUT2D eigenvalue weighted by Gasteiger charge is 2.31. The van der Waals surface area contributed by atoms with Crippen LogP contribution >= 0.6 is 11.6 Å². The molecule has 2 unspecified atom stereocenters. The molecule has 0 saturated heterocycles. The van der Waals surface area contributed by atoms with Crippen LogP contribution in [0.2, 0.25) is 5.02 Å². The standard InChI is InChI=1S/C17H18ClNO2/c1-11-7-8-15(13(18)9-11)21-16-10-20-14-6-4-3-5-12(14)17(16)19-2/h3-9,16-17,19H,10H2,1-2H3. The molecule has 0 bridgehead atoms. The minimum absolute atomic E-state index is 0.0762. The number of hydrogen-bond donors (Lipinski definition) is 1. The predicted octanol–water partition coefficient (Wildman–Crippen LogP) is 3.75. The fourth-order valence-electron chi connectivity index (χ4n) is 2.65. The SMILES string of the molecule is CNC1c2ccccc2OCC1Oc1ccc(C)cc1Cl. The molecule has 21 heavy (non-hydrogen) atoms. The summed E-state index contributed by atoms with van der Waals surface area (Å²) in [5.74, 6) is 1.60. The lowest BCUT2D eigenvalue weighted by atomic mass is 9.98. The number of rotatable bonds is 3. The summed E-state index contributed by atoms with van der Waals surface area (Å²) in [6.45, 7) is 2.50. The van der Waals surface area contributed by atoms with Gasteiger partial charge >= 0.3 is 0 Å². The van der Waals surface area contributed by atoms with Gasteiger partial charge in [-0.3, -0.25) is 0 Å². The van der Waals surface area contributed by atoms with Gasteiger partial charge in [0.15, 0.2) is 6.10 Å². The summed E-state index contributed by atoms with van der Waals surface area (Å²) in [5.41, 5.74) is 2.22. The van der Waals surface area contributed by atoms with Crippen molar-refractivity contribution in [3.05, 3.63) is 58.6 Å². The minimum Gasteiger partial charge on any atom is -0.489 e. The van der Waals surface area contributed by atoms with Gasteiger partial charge in [-0.15, -0.1) is 0 Å². The minimum atomic E-state index is -0.120. The zero-order chi connectivity index (χ0) is 14.8. The number of para-hydroxylation sites is 1. The van der Waals surface area contributed by atoms with Gasteiger partial charge in [0.05, 0.1) is 11.1 Å². The maximum absolute atomic E-state index is 6.25. The van der Waals surface area contributed by atoms with Gasteiger partial charge in [0.1, 0.15) is 18.1 Å². The van der Waals surface area contributed by atoms with E-state index in [1.54, 1.807) is 0 Å². The second-order valence-electron chi connectivity index (χ2n) is 5.21. The number of ether oxygens (including phenoxy) is 2. The number of nitrogens with one attached hydrogen (secondary N) is 1. The maximum atomic E-state index is 6.25. The third-order valence-corrected chi connectivity index (χ3v) is 4.00. The van der Waals surface area contributed by atoms with E-state index in [0.29, 0.717) is 17.4 Å². The first-order chi connectivity index (χ1) is 10.2. The Bertz CT molecular complexity index is 644. The van der Waals surface area contributed by atoms with Crippen molar-refractivity contribution in [2.45, 2.75) is 19.1 Å². The third kappa shape index (κ3) is 2.85. The van der Waals surface area contributed by atoms with E-state index < -0.39 is 0 Å². The lowest BCUT2D eigenvalue weighted by Crippen LogP contribution is -2.41. The van der Waals surface area contributed by atoms with Crippen molar-refractivity contribution in [2.75, 3.05) is 13.7 Å². The Morgan fingerprint density at radius 1 is 1.24 bits per heavy atom. The quantitative estimate of drug-likeness (QED) is 0.937. The van der Waals surface area contributed by atoms with E-state index >= 15 is 0 Å². The molecule has 1 aliphatic rings. The molecule has 1 aliphatic heterocycles. The van der Waals surface area contributed by atoms with E-state index in [4.69, 9.17) is 21.1 Å². The molecule has 0 fully saturated rings.